The Kier molecular flexibility index (Phi) is 4.49. The molecular weight excluding hydrogens is 234 g/mol. The molecule has 98 valence electrons. The third-order valence-electron chi connectivity index (χ3n) is 2.71. The van der Waals surface area contributed by atoms with Gasteiger partial charge in [-0.2, -0.15) is 0 Å². The van der Waals surface area contributed by atoms with E-state index in [2.05, 4.69) is 15.6 Å². The SMILES string of the molecule is COc1ccncc1NC(=O)CC1COCCN1. The van der Waals surface area contributed by atoms with E-state index in [0.29, 0.717) is 31.1 Å². The maximum absolute atomic E-state index is 11.9. The van der Waals surface area contributed by atoms with Gasteiger partial charge in [0.05, 0.1) is 26.5 Å². The Morgan fingerprint density at radius 1 is 1.72 bits per heavy atom. The van der Waals surface area contributed by atoms with Gasteiger partial charge >= 0.3 is 0 Å². The van der Waals surface area contributed by atoms with E-state index < -0.39 is 0 Å². The van der Waals surface area contributed by atoms with E-state index in [1.54, 1.807) is 25.6 Å². The Hall–Kier alpha value is -1.66. The molecule has 2 N–H and O–H groups in total. The van der Waals surface area contributed by atoms with Gasteiger partial charge in [0.1, 0.15) is 11.4 Å². The fraction of sp³-hybridized carbons (Fsp3) is 0.500. The molecule has 1 atom stereocenters. The first kappa shape index (κ1) is 12.8. The maximum atomic E-state index is 11.9. The predicted molar refractivity (Wildman–Crippen MR) is 66.6 cm³/mol. The first-order chi connectivity index (χ1) is 8.79. The second kappa shape index (κ2) is 6.32. The minimum absolute atomic E-state index is 0.0708. The second-order valence-corrected chi connectivity index (χ2v) is 4.05. The third kappa shape index (κ3) is 3.41. The summed E-state index contributed by atoms with van der Waals surface area (Å²) in [4.78, 5) is 15.8. The summed E-state index contributed by atoms with van der Waals surface area (Å²) in [7, 11) is 1.56. The molecular formula is C12H17N3O3. The Balaban J connectivity index is 1.90. The van der Waals surface area contributed by atoms with E-state index in [0.717, 1.165) is 6.54 Å². The summed E-state index contributed by atoms with van der Waals surface area (Å²) in [5, 5.41) is 6.02. The van der Waals surface area contributed by atoms with Crippen molar-refractivity contribution in [2.75, 3.05) is 32.2 Å². The smallest absolute Gasteiger partial charge is 0.226 e. The number of amides is 1. The van der Waals surface area contributed by atoms with Crippen LogP contribution in [0.3, 0.4) is 0 Å². The number of methoxy groups -OCH3 is 1. The van der Waals surface area contributed by atoms with Crippen molar-refractivity contribution in [1.82, 2.24) is 10.3 Å². The summed E-state index contributed by atoms with van der Waals surface area (Å²) in [5.41, 5.74) is 0.585. The average Bonchev–Trinajstić information content (AvgIpc) is 2.40. The van der Waals surface area contributed by atoms with Gasteiger partial charge in [0.25, 0.3) is 0 Å². The number of carbonyl (C=O) groups is 1. The molecule has 2 heterocycles. The number of aromatic nitrogens is 1. The van der Waals surface area contributed by atoms with Gasteiger partial charge in [0.2, 0.25) is 5.91 Å². The quantitative estimate of drug-likeness (QED) is 0.810. The normalized spacial score (nSPS) is 19.3. The van der Waals surface area contributed by atoms with Gasteiger partial charge in [0, 0.05) is 31.3 Å². The summed E-state index contributed by atoms with van der Waals surface area (Å²) >= 11 is 0. The number of nitrogens with zero attached hydrogens (tertiary/aromatic N) is 1. The Bertz CT molecular complexity index is 405. The van der Waals surface area contributed by atoms with Crippen LogP contribution < -0.4 is 15.4 Å². The minimum atomic E-state index is -0.0794. The number of ether oxygens (including phenoxy) is 2. The maximum Gasteiger partial charge on any atom is 0.226 e. The van der Waals surface area contributed by atoms with E-state index in [-0.39, 0.29) is 11.9 Å². The lowest BCUT2D eigenvalue weighted by molar-refractivity contribution is -0.117. The molecule has 0 spiro atoms. The molecule has 1 unspecified atom stereocenters. The van der Waals surface area contributed by atoms with Crippen LogP contribution >= 0.6 is 0 Å². The monoisotopic (exact) mass is 251 g/mol. The molecule has 0 aromatic carbocycles. The number of nitrogens with one attached hydrogen (secondary N) is 2. The Morgan fingerprint density at radius 2 is 2.61 bits per heavy atom. The number of rotatable bonds is 4. The van der Waals surface area contributed by atoms with E-state index in [9.17, 15) is 4.79 Å². The number of hydrogen-bond acceptors (Lipinski definition) is 5. The molecule has 0 saturated carbocycles. The molecule has 6 nitrogen and oxygen atoms in total. The molecule has 6 heteroatoms. The first-order valence-corrected chi connectivity index (χ1v) is 5.88. The van der Waals surface area contributed by atoms with Crippen molar-refractivity contribution < 1.29 is 14.3 Å². The zero-order valence-corrected chi connectivity index (χ0v) is 10.3. The summed E-state index contributed by atoms with van der Waals surface area (Å²) < 4.78 is 10.4. The van der Waals surface area contributed by atoms with Crippen LogP contribution in [0.25, 0.3) is 0 Å². The van der Waals surface area contributed by atoms with Crippen LogP contribution in [-0.4, -0.2) is 43.8 Å². The molecule has 1 aromatic rings. The van der Waals surface area contributed by atoms with Gasteiger partial charge in [-0.25, -0.2) is 0 Å². The molecule has 1 fully saturated rings. The highest BCUT2D eigenvalue weighted by atomic mass is 16.5. The second-order valence-electron chi connectivity index (χ2n) is 4.05. The van der Waals surface area contributed by atoms with Crippen LogP contribution in [0.15, 0.2) is 18.5 Å². The van der Waals surface area contributed by atoms with Crippen molar-refractivity contribution in [2.45, 2.75) is 12.5 Å². The van der Waals surface area contributed by atoms with Gasteiger partial charge in [0.15, 0.2) is 0 Å². The lowest BCUT2D eigenvalue weighted by atomic mass is 10.2. The van der Waals surface area contributed by atoms with Crippen molar-refractivity contribution in [2.24, 2.45) is 0 Å². The number of morpholine rings is 1. The number of carbonyl (C=O) groups excluding carboxylic acids is 1. The van der Waals surface area contributed by atoms with Gasteiger partial charge in [-0.05, 0) is 0 Å². The Labute approximate surface area is 106 Å². The molecule has 1 saturated heterocycles. The third-order valence-corrected chi connectivity index (χ3v) is 2.71. The van der Waals surface area contributed by atoms with Gasteiger partial charge in [-0.15, -0.1) is 0 Å². The largest absolute Gasteiger partial charge is 0.494 e. The van der Waals surface area contributed by atoms with Crippen LogP contribution in [0.1, 0.15) is 6.42 Å². The standard InChI is InChI=1S/C12H17N3O3/c1-17-11-2-3-13-7-10(11)15-12(16)6-9-8-18-5-4-14-9/h2-3,7,9,14H,4-6,8H2,1H3,(H,15,16). The topological polar surface area (TPSA) is 72.5 Å². The van der Waals surface area contributed by atoms with Crippen LogP contribution in [0.2, 0.25) is 0 Å². The molecule has 0 radical (unpaired) electrons. The fourth-order valence-corrected chi connectivity index (χ4v) is 1.83. The highest BCUT2D eigenvalue weighted by molar-refractivity contribution is 5.92. The fourth-order valence-electron chi connectivity index (χ4n) is 1.83. The molecule has 0 bridgehead atoms. The lowest BCUT2D eigenvalue weighted by Crippen LogP contribution is -2.43. The van der Waals surface area contributed by atoms with Crippen molar-refractivity contribution in [3.63, 3.8) is 0 Å². The number of anilines is 1. The highest BCUT2D eigenvalue weighted by Crippen LogP contribution is 2.21. The molecule has 1 aliphatic rings. The summed E-state index contributed by atoms with van der Waals surface area (Å²) in [6, 6.07) is 1.78. The number of pyridine rings is 1. The van der Waals surface area contributed by atoms with Gasteiger partial charge < -0.3 is 20.1 Å². The summed E-state index contributed by atoms with van der Waals surface area (Å²) in [6.07, 6.45) is 3.56. The van der Waals surface area contributed by atoms with Crippen LogP contribution in [0, 0.1) is 0 Å². The Morgan fingerprint density at radius 3 is 3.33 bits per heavy atom. The van der Waals surface area contributed by atoms with Gasteiger partial charge in [-0.3, -0.25) is 9.78 Å². The van der Waals surface area contributed by atoms with Crippen LogP contribution in [0.5, 0.6) is 5.75 Å². The lowest BCUT2D eigenvalue weighted by Gasteiger charge is -2.23. The first-order valence-electron chi connectivity index (χ1n) is 5.88. The summed E-state index contributed by atoms with van der Waals surface area (Å²) in [5.74, 6) is 0.524. The number of hydrogen-bond donors (Lipinski definition) is 2. The zero-order chi connectivity index (χ0) is 12.8. The van der Waals surface area contributed by atoms with E-state index in [1.807, 2.05) is 0 Å². The van der Waals surface area contributed by atoms with E-state index in [1.165, 1.54) is 0 Å². The van der Waals surface area contributed by atoms with Crippen molar-refractivity contribution >= 4 is 11.6 Å². The molecule has 2 rings (SSSR count). The summed E-state index contributed by atoms with van der Waals surface area (Å²) in [6.45, 7) is 2.06. The van der Waals surface area contributed by atoms with Crippen molar-refractivity contribution in [1.29, 1.82) is 0 Å². The molecule has 1 amide bonds. The minimum Gasteiger partial charge on any atom is -0.494 e. The molecule has 18 heavy (non-hydrogen) atoms. The predicted octanol–water partition coefficient (Wildman–Crippen LogP) is 0.407. The van der Waals surface area contributed by atoms with E-state index >= 15 is 0 Å². The molecule has 1 aliphatic heterocycles. The molecule has 1 aromatic heterocycles. The molecule has 0 aliphatic carbocycles. The van der Waals surface area contributed by atoms with Crippen LogP contribution in [0.4, 0.5) is 5.69 Å². The zero-order valence-electron chi connectivity index (χ0n) is 10.3. The van der Waals surface area contributed by atoms with Crippen molar-refractivity contribution in [3.8, 4) is 5.75 Å². The van der Waals surface area contributed by atoms with Crippen LogP contribution in [-0.2, 0) is 9.53 Å². The van der Waals surface area contributed by atoms with Gasteiger partial charge in [-0.1, -0.05) is 0 Å². The average molecular weight is 251 g/mol. The van der Waals surface area contributed by atoms with Crippen molar-refractivity contribution in [3.05, 3.63) is 18.5 Å². The van der Waals surface area contributed by atoms with E-state index in [4.69, 9.17) is 9.47 Å². The highest BCUT2D eigenvalue weighted by Gasteiger charge is 2.17.